The van der Waals surface area contributed by atoms with Crippen LogP contribution in [0.25, 0.3) is 11.0 Å². The van der Waals surface area contributed by atoms with E-state index in [9.17, 15) is 0 Å². The monoisotopic (exact) mass is 441 g/mol. The van der Waals surface area contributed by atoms with Gasteiger partial charge < -0.3 is 4.74 Å². The van der Waals surface area contributed by atoms with Crippen LogP contribution in [-0.2, 0) is 13.2 Å². The highest BCUT2D eigenvalue weighted by atomic mass is 79.9. The van der Waals surface area contributed by atoms with Crippen LogP contribution in [0.2, 0.25) is 10.0 Å². The molecule has 1 heterocycles. The molecule has 0 unspecified atom stereocenters. The van der Waals surface area contributed by atoms with Crippen LogP contribution in [0.1, 0.15) is 26.3 Å². The summed E-state index contributed by atoms with van der Waals surface area (Å²) in [7, 11) is 0. The molecule has 7 heteroatoms. The number of ether oxygens (including phenoxy) is 1. The molecular weight excluding hydrogens is 425 g/mol. The number of halogens is 3. The van der Waals surface area contributed by atoms with Crippen molar-refractivity contribution in [3.8, 4) is 5.75 Å². The summed E-state index contributed by atoms with van der Waals surface area (Å²) in [5, 5.41) is 9.75. The summed E-state index contributed by atoms with van der Waals surface area (Å²) in [6.07, 6.45) is 0. The van der Waals surface area contributed by atoms with Crippen molar-refractivity contribution < 1.29 is 4.74 Å². The van der Waals surface area contributed by atoms with Crippen LogP contribution in [0.3, 0.4) is 0 Å². The van der Waals surface area contributed by atoms with E-state index in [-0.39, 0.29) is 5.41 Å². The highest BCUT2D eigenvalue weighted by molar-refractivity contribution is 9.10. The van der Waals surface area contributed by atoms with Gasteiger partial charge in [-0.1, -0.05) is 55.3 Å². The highest BCUT2D eigenvalue weighted by Gasteiger charge is 2.17. The van der Waals surface area contributed by atoms with E-state index in [4.69, 9.17) is 27.9 Å². The fourth-order valence-corrected chi connectivity index (χ4v) is 3.45. The van der Waals surface area contributed by atoms with Gasteiger partial charge in [-0.3, -0.25) is 0 Å². The van der Waals surface area contributed by atoms with Gasteiger partial charge in [0.25, 0.3) is 0 Å². The van der Waals surface area contributed by atoms with Gasteiger partial charge in [-0.25, -0.2) is 4.68 Å². The number of rotatable bonds is 4. The minimum Gasteiger partial charge on any atom is -0.488 e. The summed E-state index contributed by atoms with van der Waals surface area (Å²) >= 11 is 15.7. The standard InChI is InChI=1S/C18H18BrCl2N3O/c1-18(2,3)10-24-14-6-7-15(16(19)17(14)22-23-24)25-9-11-4-5-12(20)8-13(11)21/h4-8H,9-10H2,1-3H3. The van der Waals surface area contributed by atoms with Gasteiger partial charge in [0.05, 0.1) is 9.99 Å². The zero-order chi connectivity index (χ0) is 18.2. The first-order valence-electron chi connectivity index (χ1n) is 7.83. The molecule has 25 heavy (non-hydrogen) atoms. The lowest BCUT2D eigenvalue weighted by Gasteiger charge is -2.18. The van der Waals surface area contributed by atoms with Crippen molar-refractivity contribution in [3.05, 3.63) is 50.4 Å². The molecular formula is C18H18BrCl2N3O. The van der Waals surface area contributed by atoms with Crippen LogP contribution >= 0.6 is 39.1 Å². The first kappa shape index (κ1) is 18.5. The third kappa shape index (κ3) is 4.27. The van der Waals surface area contributed by atoms with Crippen LogP contribution in [0, 0.1) is 5.41 Å². The van der Waals surface area contributed by atoms with E-state index in [1.165, 1.54) is 0 Å². The van der Waals surface area contributed by atoms with Crippen molar-refractivity contribution in [2.45, 2.75) is 33.9 Å². The van der Waals surface area contributed by atoms with Crippen molar-refractivity contribution in [2.75, 3.05) is 0 Å². The normalized spacial score (nSPS) is 11.9. The number of benzene rings is 2. The molecule has 4 nitrogen and oxygen atoms in total. The Bertz CT molecular complexity index is 919. The van der Waals surface area contributed by atoms with Gasteiger partial charge in [0.1, 0.15) is 17.9 Å². The summed E-state index contributed by atoms with van der Waals surface area (Å²) in [4.78, 5) is 0. The van der Waals surface area contributed by atoms with Crippen molar-refractivity contribution in [1.82, 2.24) is 15.0 Å². The minimum atomic E-state index is 0.119. The molecule has 0 amide bonds. The van der Waals surface area contributed by atoms with Crippen LogP contribution in [0.15, 0.2) is 34.8 Å². The maximum atomic E-state index is 6.19. The molecule has 0 aliphatic carbocycles. The van der Waals surface area contributed by atoms with Gasteiger partial charge in [-0.2, -0.15) is 0 Å². The first-order valence-corrected chi connectivity index (χ1v) is 9.38. The number of aromatic nitrogens is 3. The average molecular weight is 443 g/mol. The van der Waals surface area contributed by atoms with Crippen LogP contribution in [-0.4, -0.2) is 15.0 Å². The second-order valence-corrected chi connectivity index (χ2v) is 8.71. The Morgan fingerprint density at radius 1 is 1.16 bits per heavy atom. The highest BCUT2D eigenvalue weighted by Crippen LogP contribution is 2.33. The smallest absolute Gasteiger partial charge is 0.136 e. The largest absolute Gasteiger partial charge is 0.488 e. The third-order valence-electron chi connectivity index (χ3n) is 3.61. The molecule has 3 rings (SSSR count). The average Bonchev–Trinajstić information content (AvgIpc) is 2.90. The summed E-state index contributed by atoms with van der Waals surface area (Å²) in [5.41, 5.74) is 2.74. The van der Waals surface area contributed by atoms with E-state index >= 15 is 0 Å². The minimum absolute atomic E-state index is 0.119. The first-order chi connectivity index (χ1) is 11.7. The molecule has 0 saturated carbocycles. The van der Waals surface area contributed by atoms with Crippen molar-refractivity contribution in [3.63, 3.8) is 0 Å². The molecule has 0 N–H and O–H groups in total. The SMILES string of the molecule is CC(C)(C)Cn1nnc2c(Br)c(OCc3ccc(Cl)cc3Cl)ccc21. The van der Waals surface area contributed by atoms with E-state index in [1.807, 2.05) is 22.9 Å². The molecule has 0 spiro atoms. The van der Waals surface area contributed by atoms with Crippen LogP contribution in [0.4, 0.5) is 0 Å². The van der Waals surface area contributed by atoms with E-state index in [1.54, 1.807) is 12.1 Å². The van der Waals surface area contributed by atoms with Crippen LogP contribution in [0.5, 0.6) is 5.75 Å². The predicted molar refractivity (Wildman–Crippen MR) is 105 cm³/mol. The fraction of sp³-hybridized carbons (Fsp3) is 0.333. The van der Waals surface area contributed by atoms with Gasteiger partial charge in [0, 0.05) is 22.2 Å². The molecule has 0 aliphatic heterocycles. The lowest BCUT2D eigenvalue weighted by molar-refractivity contribution is 0.305. The molecule has 2 aromatic carbocycles. The molecule has 0 radical (unpaired) electrons. The fourth-order valence-electron chi connectivity index (χ4n) is 2.46. The lowest BCUT2D eigenvalue weighted by atomic mass is 9.97. The maximum absolute atomic E-state index is 6.19. The van der Waals surface area contributed by atoms with Gasteiger partial charge >= 0.3 is 0 Å². The Hall–Kier alpha value is -1.30. The van der Waals surface area contributed by atoms with E-state index in [2.05, 4.69) is 47.0 Å². The van der Waals surface area contributed by atoms with Gasteiger partial charge in [-0.15, -0.1) is 5.10 Å². The molecule has 1 aromatic heterocycles. The molecule has 0 saturated heterocycles. The van der Waals surface area contributed by atoms with E-state index in [0.717, 1.165) is 27.6 Å². The second kappa shape index (κ2) is 7.14. The Morgan fingerprint density at radius 3 is 2.60 bits per heavy atom. The van der Waals surface area contributed by atoms with Gasteiger partial charge in [0.2, 0.25) is 0 Å². The second-order valence-electron chi connectivity index (χ2n) is 7.08. The number of hydrogen-bond acceptors (Lipinski definition) is 3. The molecule has 0 atom stereocenters. The Morgan fingerprint density at radius 2 is 1.92 bits per heavy atom. The van der Waals surface area contributed by atoms with Gasteiger partial charge in [0.15, 0.2) is 0 Å². The quantitative estimate of drug-likeness (QED) is 0.488. The van der Waals surface area contributed by atoms with E-state index < -0.39 is 0 Å². The van der Waals surface area contributed by atoms with Crippen LogP contribution < -0.4 is 4.74 Å². The number of hydrogen-bond donors (Lipinski definition) is 0. The lowest BCUT2D eigenvalue weighted by Crippen LogP contribution is -2.16. The maximum Gasteiger partial charge on any atom is 0.136 e. The summed E-state index contributed by atoms with van der Waals surface area (Å²) < 4.78 is 8.61. The summed E-state index contributed by atoms with van der Waals surface area (Å²) in [6.45, 7) is 7.64. The Balaban J connectivity index is 1.84. The molecule has 3 aromatic rings. The summed E-state index contributed by atoms with van der Waals surface area (Å²) in [6, 6.07) is 9.25. The van der Waals surface area contributed by atoms with Gasteiger partial charge in [-0.05, 0) is 45.6 Å². The van der Waals surface area contributed by atoms with Crippen molar-refractivity contribution >= 4 is 50.2 Å². The predicted octanol–water partition coefficient (Wildman–Crippen LogP) is 6.13. The molecule has 132 valence electrons. The molecule has 0 fully saturated rings. The molecule has 0 aliphatic rings. The van der Waals surface area contributed by atoms with E-state index in [0.29, 0.717) is 22.4 Å². The number of fused-ring (bicyclic) bond motifs is 1. The zero-order valence-corrected chi connectivity index (χ0v) is 17.3. The molecule has 0 bridgehead atoms. The Labute approximate surface area is 165 Å². The van der Waals surface area contributed by atoms with Crippen molar-refractivity contribution in [1.29, 1.82) is 0 Å². The number of nitrogens with zero attached hydrogens (tertiary/aromatic N) is 3. The summed E-state index contributed by atoms with van der Waals surface area (Å²) in [5.74, 6) is 0.696. The zero-order valence-electron chi connectivity index (χ0n) is 14.2. The topological polar surface area (TPSA) is 39.9 Å². The third-order valence-corrected chi connectivity index (χ3v) is 4.97. The van der Waals surface area contributed by atoms with Crippen molar-refractivity contribution in [2.24, 2.45) is 5.41 Å². The Kier molecular flexibility index (Phi) is 5.28.